The number of hydrogen-bond acceptors (Lipinski definition) is 5. The van der Waals surface area contributed by atoms with E-state index in [4.69, 9.17) is 4.74 Å². The van der Waals surface area contributed by atoms with Crippen molar-refractivity contribution < 1.29 is 27.8 Å². The van der Waals surface area contributed by atoms with Gasteiger partial charge >= 0.3 is 12.1 Å². The molecule has 0 aliphatic carbocycles. The molecule has 0 amide bonds. The third-order valence-electron chi connectivity index (χ3n) is 3.04. The Morgan fingerprint density at radius 3 is 2.30 bits per heavy atom. The van der Waals surface area contributed by atoms with Gasteiger partial charge in [-0.2, -0.15) is 13.2 Å². The van der Waals surface area contributed by atoms with Crippen molar-refractivity contribution in [3.8, 4) is 0 Å². The quantitative estimate of drug-likeness (QED) is 0.723. The maximum Gasteiger partial charge on any atom is 0.401 e. The van der Waals surface area contributed by atoms with Crippen LogP contribution in [0.15, 0.2) is 0 Å². The predicted molar refractivity (Wildman–Crippen MR) is 66.2 cm³/mol. The molecule has 0 aromatic carbocycles. The van der Waals surface area contributed by atoms with Crippen LogP contribution >= 0.6 is 0 Å². The van der Waals surface area contributed by atoms with Crippen LogP contribution in [0.5, 0.6) is 0 Å². The van der Waals surface area contributed by atoms with E-state index in [0.29, 0.717) is 26.2 Å². The maximum absolute atomic E-state index is 12.2. The third-order valence-corrected chi connectivity index (χ3v) is 3.04. The molecule has 0 aromatic rings. The minimum absolute atomic E-state index is 0.0867. The molecule has 0 radical (unpaired) electrons. The number of carbonyl (C=O) groups is 1. The molecule has 1 aliphatic rings. The summed E-state index contributed by atoms with van der Waals surface area (Å²) in [7, 11) is 0. The van der Waals surface area contributed by atoms with Crippen LogP contribution in [0.1, 0.15) is 13.3 Å². The van der Waals surface area contributed by atoms with Crippen LogP contribution in [0, 0.1) is 0 Å². The minimum Gasteiger partial charge on any atom is -0.466 e. The molecule has 0 bridgehead atoms. The summed E-state index contributed by atoms with van der Waals surface area (Å²) in [5.41, 5.74) is 0. The molecule has 5 nitrogen and oxygen atoms in total. The van der Waals surface area contributed by atoms with Gasteiger partial charge in [-0.25, -0.2) is 0 Å². The van der Waals surface area contributed by atoms with E-state index in [-0.39, 0.29) is 19.6 Å². The Balaban J connectivity index is 2.23. The molecule has 0 aromatic heterocycles. The standard InChI is InChI=1S/C12H21F3N2O3/c1-2-20-11(19)7-10(18)8-16-3-5-17(6-4-16)9-12(13,14)15/h10,18H,2-9H2,1H3. The van der Waals surface area contributed by atoms with Gasteiger partial charge in [-0.05, 0) is 6.92 Å². The molecule has 1 aliphatic heterocycles. The lowest BCUT2D eigenvalue weighted by atomic mass is 10.2. The highest BCUT2D eigenvalue weighted by atomic mass is 19.4. The number of aliphatic hydroxyl groups is 1. The highest BCUT2D eigenvalue weighted by Gasteiger charge is 2.32. The molecular formula is C12H21F3N2O3. The van der Waals surface area contributed by atoms with Gasteiger partial charge in [0.2, 0.25) is 0 Å². The summed E-state index contributed by atoms with van der Waals surface area (Å²) in [4.78, 5) is 14.4. The number of nitrogens with zero attached hydrogens (tertiary/aromatic N) is 2. The van der Waals surface area contributed by atoms with E-state index < -0.39 is 24.8 Å². The third kappa shape index (κ3) is 7.06. The zero-order chi connectivity index (χ0) is 15.2. The summed E-state index contributed by atoms with van der Waals surface area (Å²) >= 11 is 0. The second-order valence-corrected chi connectivity index (χ2v) is 4.85. The van der Waals surface area contributed by atoms with Crippen LogP contribution in [-0.2, 0) is 9.53 Å². The van der Waals surface area contributed by atoms with Gasteiger partial charge in [-0.3, -0.25) is 14.6 Å². The molecule has 20 heavy (non-hydrogen) atoms. The second-order valence-electron chi connectivity index (χ2n) is 4.85. The first-order chi connectivity index (χ1) is 9.30. The van der Waals surface area contributed by atoms with Gasteiger partial charge in [0.25, 0.3) is 0 Å². The van der Waals surface area contributed by atoms with Gasteiger partial charge in [0.05, 0.1) is 25.7 Å². The molecule has 1 rings (SSSR count). The Bertz CT molecular complexity index is 305. The average Bonchev–Trinajstić information content (AvgIpc) is 2.30. The van der Waals surface area contributed by atoms with E-state index in [1.807, 2.05) is 4.90 Å². The van der Waals surface area contributed by atoms with Crippen molar-refractivity contribution in [3.63, 3.8) is 0 Å². The first-order valence-electron chi connectivity index (χ1n) is 6.65. The number of aliphatic hydroxyl groups excluding tert-OH is 1. The van der Waals surface area contributed by atoms with Gasteiger partial charge in [0, 0.05) is 32.7 Å². The molecule has 1 heterocycles. The van der Waals surface area contributed by atoms with Crippen molar-refractivity contribution in [1.82, 2.24) is 9.80 Å². The van der Waals surface area contributed by atoms with Crippen LogP contribution in [0.4, 0.5) is 13.2 Å². The van der Waals surface area contributed by atoms with Gasteiger partial charge in [-0.1, -0.05) is 0 Å². The van der Waals surface area contributed by atoms with Crippen molar-refractivity contribution in [2.45, 2.75) is 25.6 Å². The van der Waals surface area contributed by atoms with Crippen molar-refractivity contribution in [2.24, 2.45) is 0 Å². The fraction of sp³-hybridized carbons (Fsp3) is 0.917. The number of β-amino-alcohol motifs (C(OH)–C–C–N with tert-alkyl or cyclic N) is 1. The Morgan fingerprint density at radius 1 is 1.25 bits per heavy atom. The lowest BCUT2D eigenvalue weighted by Gasteiger charge is -2.35. The van der Waals surface area contributed by atoms with Crippen LogP contribution in [0.25, 0.3) is 0 Å². The van der Waals surface area contributed by atoms with E-state index in [2.05, 4.69) is 0 Å². The van der Waals surface area contributed by atoms with E-state index in [0.717, 1.165) is 0 Å². The molecule has 1 fully saturated rings. The molecular weight excluding hydrogens is 277 g/mol. The molecule has 1 saturated heterocycles. The number of alkyl halides is 3. The smallest absolute Gasteiger partial charge is 0.401 e. The van der Waals surface area contributed by atoms with Crippen molar-refractivity contribution in [2.75, 3.05) is 45.9 Å². The summed E-state index contributed by atoms with van der Waals surface area (Å²) in [5.74, 6) is -0.462. The Morgan fingerprint density at radius 2 is 1.80 bits per heavy atom. The van der Waals surface area contributed by atoms with Crippen LogP contribution < -0.4 is 0 Å². The van der Waals surface area contributed by atoms with Crippen LogP contribution in [0.3, 0.4) is 0 Å². The average molecular weight is 298 g/mol. The van der Waals surface area contributed by atoms with E-state index in [1.165, 1.54) is 4.90 Å². The number of ether oxygens (including phenoxy) is 1. The second kappa shape index (κ2) is 7.80. The number of halogens is 3. The van der Waals surface area contributed by atoms with Gasteiger partial charge in [0.1, 0.15) is 0 Å². The number of piperazine rings is 1. The largest absolute Gasteiger partial charge is 0.466 e. The van der Waals surface area contributed by atoms with Gasteiger partial charge in [0.15, 0.2) is 0 Å². The van der Waals surface area contributed by atoms with Crippen molar-refractivity contribution in [3.05, 3.63) is 0 Å². The normalized spacial score (nSPS) is 19.9. The molecule has 8 heteroatoms. The SMILES string of the molecule is CCOC(=O)CC(O)CN1CCN(CC(F)(F)F)CC1. The zero-order valence-corrected chi connectivity index (χ0v) is 11.5. The summed E-state index contributed by atoms with van der Waals surface area (Å²) in [6, 6.07) is 0. The maximum atomic E-state index is 12.2. The predicted octanol–water partition coefficient (Wildman–Crippen LogP) is 0.480. The first kappa shape index (κ1) is 17.2. The van der Waals surface area contributed by atoms with E-state index in [1.54, 1.807) is 6.92 Å². The Hall–Kier alpha value is -0.860. The Labute approximate surface area is 116 Å². The highest BCUT2D eigenvalue weighted by Crippen LogP contribution is 2.17. The topological polar surface area (TPSA) is 53.0 Å². The van der Waals surface area contributed by atoms with Gasteiger partial charge in [-0.15, -0.1) is 0 Å². The summed E-state index contributed by atoms with van der Waals surface area (Å²) in [5, 5.41) is 9.71. The van der Waals surface area contributed by atoms with Crippen LogP contribution in [0.2, 0.25) is 0 Å². The van der Waals surface area contributed by atoms with E-state index >= 15 is 0 Å². The summed E-state index contributed by atoms with van der Waals surface area (Å²) < 4.78 is 41.4. The minimum atomic E-state index is -4.18. The Kier molecular flexibility index (Phi) is 6.70. The number of esters is 1. The fourth-order valence-electron chi connectivity index (χ4n) is 2.16. The molecule has 0 spiro atoms. The lowest BCUT2D eigenvalue weighted by molar-refractivity contribution is -0.151. The molecule has 118 valence electrons. The molecule has 1 N–H and O–H groups in total. The zero-order valence-electron chi connectivity index (χ0n) is 11.5. The fourth-order valence-corrected chi connectivity index (χ4v) is 2.16. The van der Waals surface area contributed by atoms with Crippen molar-refractivity contribution in [1.29, 1.82) is 0 Å². The number of rotatable bonds is 6. The highest BCUT2D eigenvalue weighted by molar-refractivity contribution is 5.69. The van der Waals surface area contributed by atoms with Crippen molar-refractivity contribution >= 4 is 5.97 Å². The molecule has 1 unspecified atom stereocenters. The van der Waals surface area contributed by atoms with Gasteiger partial charge < -0.3 is 9.84 Å². The summed E-state index contributed by atoms with van der Waals surface area (Å²) in [6.45, 7) is 2.86. The van der Waals surface area contributed by atoms with E-state index in [9.17, 15) is 23.1 Å². The number of carbonyl (C=O) groups excluding carboxylic acids is 1. The lowest BCUT2D eigenvalue weighted by Crippen LogP contribution is -2.50. The van der Waals surface area contributed by atoms with Crippen LogP contribution in [-0.4, -0.2) is 79.0 Å². The molecule has 1 atom stereocenters. The number of hydrogen-bond donors (Lipinski definition) is 1. The summed E-state index contributed by atoms with van der Waals surface area (Å²) in [6.07, 6.45) is -5.11. The monoisotopic (exact) mass is 298 g/mol. The first-order valence-corrected chi connectivity index (χ1v) is 6.65. The molecule has 0 saturated carbocycles.